The van der Waals surface area contributed by atoms with Gasteiger partial charge in [-0.25, -0.2) is 0 Å². The van der Waals surface area contributed by atoms with Crippen LogP contribution in [-0.4, -0.2) is 0 Å². The predicted molar refractivity (Wildman–Crippen MR) is 71.8 cm³/mol. The third kappa shape index (κ3) is 2.04. The van der Waals surface area contributed by atoms with Crippen LogP contribution in [0.4, 0.5) is 0 Å². The van der Waals surface area contributed by atoms with Crippen LogP contribution in [0.15, 0.2) is 29.8 Å². The van der Waals surface area contributed by atoms with Crippen molar-refractivity contribution < 1.29 is 0 Å². The van der Waals surface area contributed by atoms with E-state index in [2.05, 4.69) is 38.1 Å². The second kappa shape index (κ2) is 5.05. The highest BCUT2D eigenvalue weighted by Gasteiger charge is 2.26. The van der Waals surface area contributed by atoms with Gasteiger partial charge in [0.05, 0.1) is 0 Å². The fourth-order valence-corrected chi connectivity index (χ4v) is 2.87. The van der Waals surface area contributed by atoms with Gasteiger partial charge in [-0.05, 0) is 30.0 Å². The standard InChI is InChI=1S/C15H19Cl/c1-3-4-5-8-12-11(2)15(16)14-10-7-6-9-13(12)14/h6-7,9-10,12H,3-5,8H2,1-2H3. The van der Waals surface area contributed by atoms with E-state index in [0.29, 0.717) is 5.92 Å². The normalized spacial score (nSPS) is 19.1. The molecule has 0 saturated carbocycles. The Labute approximate surface area is 103 Å². The van der Waals surface area contributed by atoms with Gasteiger partial charge in [0.1, 0.15) is 0 Å². The average molecular weight is 235 g/mol. The summed E-state index contributed by atoms with van der Waals surface area (Å²) in [6.45, 7) is 4.43. The molecule has 0 amide bonds. The quantitative estimate of drug-likeness (QED) is 0.618. The van der Waals surface area contributed by atoms with Crippen LogP contribution >= 0.6 is 11.6 Å². The number of unbranched alkanes of at least 4 members (excludes halogenated alkanes) is 2. The van der Waals surface area contributed by atoms with Crippen molar-refractivity contribution in [2.75, 3.05) is 0 Å². The Morgan fingerprint density at radius 3 is 2.69 bits per heavy atom. The Bertz CT molecular complexity index is 404. The maximum atomic E-state index is 6.38. The molecule has 1 aromatic rings. The SMILES string of the molecule is CCCCCC1C(C)=C(Cl)c2ccccc21. The van der Waals surface area contributed by atoms with Crippen LogP contribution in [0.2, 0.25) is 0 Å². The molecule has 0 nitrogen and oxygen atoms in total. The average Bonchev–Trinajstić information content (AvgIpc) is 2.55. The number of fused-ring (bicyclic) bond motifs is 1. The van der Waals surface area contributed by atoms with Crippen molar-refractivity contribution in [3.05, 3.63) is 41.0 Å². The molecule has 0 N–H and O–H groups in total. The van der Waals surface area contributed by atoms with E-state index in [1.165, 1.54) is 42.4 Å². The summed E-state index contributed by atoms with van der Waals surface area (Å²) in [6.07, 6.45) is 5.15. The van der Waals surface area contributed by atoms with Crippen LogP contribution in [0.5, 0.6) is 0 Å². The zero-order valence-corrected chi connectivity index (χ0v) is 10.8. The molecule has 0 aliphatic heterocycles. The molecule has 86 valence electrons. The lowest BCUT2D eigenvalue weighted by Gasteiger charge is -2.13. The van der Waals surface area contributed by atoms with Crippen molar-refractivity contribution in [2.45, 2.75) is 45.4 Å². The Kier molecular flexibility index (Phi) is 3.70. The number of allylic oxidation sites excluding steroid dienone is 1. The Hall–Kier alpha value is -0.750. The molecule has 16 heavy (non-hydrogen) atoms. The van der Waals surface area contributed by atoms with E-state index >= 15 is 0 Å². The maximum Gasteiger partial charge on any atom is 0.0476 e. The van der Waals surface area contributed by atoms with E-state index in [-0.39, 0.29) is 0 Å². The highest BCUT2D eigenvalue weighted by atomic mass is 35.5. The largest absolute Gasteiger partial charge is 0.0837 e. The molecule has 1 aromatic carbocycles. The van der Waals surface area contributed by atoms with Gasteiger partial charge in [-0.2, -0.15) is 0 Å². The number of rotatable bonds is 4. The molecule has 0 fully saturated rings. The van der Waals surface area contributed by atoms with Crippen LogP contribution < -0.4 is 0 Å². The van der Waals surface area contributed by atoms with E-state index in [1.807, 2.05) is 0 Å². The first-order chi connectivity index (χ1) is 7.75. The first-order valence-electron chi connectivity index (χ1n) is 6.21. The topological polar surface area (TPSA) is 0 Å². The first-order valence-corrected chi connectivity index (χ1v) is 6.59. The van der Waals surface area contributed by atoms with Crippen LogP contribution in [0.1, 0.15) is 56.6 Å². The molecule has 0 bridgehead atoms. The summed E-state index contributed by atoms with van der Waals surface area (Å²) in [7, 11) is 0. The lowest BCUT2D eigenvalue weighted by Crippen LogP contribution is -1.96. The molecule has 0 saturated heterocycles. The second-order valence-corrected chi connectivity index (χ2v) is 5.01. The van der Waals surface area contributed by atoms with Crippen LogP contribution in [0, 0.1) is 0 Å². The molecular weight excluding hydrogens is 216 g/mol. The van der Waals surface area contributed by atoms with Crippen LogP contribution in [0.3, 0.4) is 0 Å². The number of benzene rings is 1. The molecule has 1 unspecified atom stereocenters. The summed E-state index contributed by atoms with van der Waals surface area (Å²) in [5, 5.41) is 0.983. The molecule has 1 atom stereocenters. The summed E-state index contributed by atoms with van der Waals surface area (Å²) < 4.78 is 0. The molecule has 2 rings (SSSR count). The minimum absolute atomic E-state index is 0.565. The second-order valence-electron chi connectivity index (χ2n) is 4.63. The van der Waals surface area contributed by atoms with Gasteiger partial charge in [-0.3, -0.25) is 0 Å². The smallest absolute Gasteiger partial charge is 0.0476 e. The van der Waals surface area contributed by atoms with Gasteiger partial charge >= 0.3 is 0 Å². The maximum absolute atomic E-state index is 6.38. The summed E-state index contributed by atoms with van der Waals surface area (Å²) in [5.41, 5.74) is 4.04. The third-order valence-electron chi connectivity index (χ3n) is 3.54. The van der Waals surface area contributed by atoms with E-state index in [0.717, 1.165) is 5.03 Å². The zero-order chi connectivity index (χ0) is 11.5. The van der Waals surface area contributed by atoms with Crippen molar-refractivity contribution in [3.63, 3.8) is 0 Å². The van der Waals surface area contributed by atoms with Crippen LogP contribution in [-0.2, 0) is 0 Å². The summed E-state index contributed by atoms with van der Waals surface area (Å²) in [5.74, 6) is 0.565. The van der Waals surface area contributed by atoms with E-state index in [4.69, 9.17) is 11.6 Å². The number of halogens is 1. The van der Waals surface area contributed by atoms with Crippen molar-refractivity contribution in [1.82, 2.24) is 0 Å². The fourth-order valence-electron chi connectivity index (χ4n) is 2.57. The minimum atomic E-state index is 0.565. The first kappa shape index (κ1) is 11.7. The van der Waals surface area contributed by atoms with Crippen molar-refractivity contribution >= 4 is 16.6 Å². The molecule has 1 aliphatic carbocycles. The highest BCUT2D eigenvalue weighted by molar-refractivity contribution is 6.50. The Morgan fingerprint density at radius 2 is 1.94 bits per heavy atom. The van der Waals surface area contributed by atoms with E-state index in [1.54, 1.807) is 0 Å². The summed E-state index contributed by atoms with van der Waals surface area (Å²) in [6, 6.07) is 8.56. The van der Waals surface area contributed by atoms with Gasteiger partial charge in [0.25, 0.3) is 0 Å². The van der Waals surface area contributed by atoms with Gasteiger partial charge < -0.3 is 0 Å². The summed E-state index contributed by atoms with van der Waals surface area (Å²) >= 11 is 6.38. The van der Waals surface area contributed by atoms with E-state index < -0.39 is 0 Å². The summed E-state index contributed by atoms with van der Waals surface area (Å²) in [4.78, 5) is 0. The Balaban J connectivity index is 2.20. The highest BCUT2D eigenvalue weighted by Crippen LogP contribution is 2.45. The molecular formula is C15H19Cl. The molecule has 0 radical (unpaired) electrons. The monoisotopic (exact) mass is 234 g/mol. The third-order valence-corrected chi connectivity index (χ3v) is 4.04. The van der Waals surface area contributed by atoms with Crippen molar-refractivity contribution in [3.8, 4) is 0 Å². The molecule has 0 heterocycles. The van der Waals surface area contributed by atoms with Crippen molar-refractivity contribution in [1.29, 1.82) is 0 Å². The van der Waals surface area contributed by atoms with Gasteiger partial charge in [0.2, 0.25) is 0 Å². The van der Waals surface area contributed by atoms with E-state index in [9.17, 15) is 0 Å². The van der Waals surface area contributed by atoms with Gasteiger partial charge in [0.15, 0.2) is 0 Å². The molecule has 1 heteroatoms. The molecule has 0 spiro atoms. The molecule has 0 aromatic heterocycles. The van der Waals surface area contributed by atoms with Crippen molar-refractivity contribution in [2.24, 2.45) is 0 Å². The Morgan fingerprint density at radius 1 is 1.19 bits per heavy atom. The lowest BCUT2D eigenvalue weighted by molar-refractivity contribution is 0.618. The number of hydrogen-bond acceptors (Lipinski definition) is 0. The van der Waals surface area contributed by atoms with Crippen LogP contribution in [0.25, 0.3) is 5.03 Å². The zero-order valence-electron chi connectivity index (χ0n) is 10.1. The lowest BCUT2D eigenvalue weighted by atomic mass is 9.91. The molecule has 1 aliphatic rings. The fraction of sp³-hybridized carbons (Fsp3) is 0.467. The minimum Gasteiger partial charge on any atom is -0.0837 e. The van der Waals surface area contributed by atoms with Gasteiger partial charge in [-0.1, -0.05) is 62.1 Å². The van der Waals surface area contributed by atoms with Gasteiger partial charge in [-0.15, -0.1) is 0 Å². The predicted octanol–water partition coefficient (Wildman–Crippen LogP) is 5.33. The van der Waals surface area contributed by atoms with Gasteiger partial charge in [0, 0.05) is 11.0 Å². The number of hydrogen-bond donors (Lipinski definition) is 0.